The second-order valence-electron chi connectivity index (χ2n) is 7.26. The average molecular weight is 405 g/mol. The van der Waals surface area contributed by atoms with Crippen molar-refractivity contribution >= 4 is 34.5 Å². The highest BCUT2D eigenvalue weighted by Gasteiger charge is 2.38. The van der Waals surface area contributed by atoms with Crippen LogP contribution < -0.4 is 9.80 Å². The smallest absolute Gasteiger partial charge is 0.268 e. The SMILES string of the molecule is CCC(=O)N1c2ccccc2C(N(C(=O)c2cccs2)c2ccccc2)CC1C. The van der Waals surface area contributed by atoms with Crippen molar-refractivity contribution in [3.63, 3.8) is 0 Å². The summed E-state index contributed by atoms with van der Waals surface area (Å²) < 4.78 is 0. The predicted octanol–water partition coefficient (Wildman–Crippen LogP) is 5.67. The minimum absolute atomic E-state index is 0.00435. The van der Waals surface area contributed by atoms with Crippen molar-refractivity contribution in [2.75, 3.05) is 9.80 Å². The van der Waals surface area contributed by atoms with Gasteiger partial charge in [0.25, 0.3) is 5.91 Å². The van der Waals surface area contributed by atoms with Gasteiger partial charge in [0.15, 0.2) is 0 Å². The molecule has 2 aromatic carbocycles. The van der Waals surface area contributed by atoms with Crippen LogP contribution in [0.4, 0.5) is 11.4 Å². The van der Waals surface area contributed by atoms with Gasteiger partial charge in [-0.25, -0.2) is 0 Å². The lowest BCUT2D eigenvalue weighted by atomic mass is 9.89. The number of hydrogen-bond donors (Lipinski definition) is 0. The van der Waals surface area contributed by atoms with Gasteiger partial charge in [0.2, 0.25) is 5.91 Å². The molecule has 3 aromatic rings. The van der Waals surface area contributed by atoms with Crippen LogP contribution in [0.3, 0.4) is 0 Å². The summed E-state index contributed by atoms with van der Waals surface area (Å²) in [4.78, 5) is 30.7. The fraction of sp³-hybridized carbons (Fsp3) is 0.250. The minimum Gasteiger partial charge on any atom is -0.309 e. The molecule has 2 heterocycles. The standard InChI is InChI=1S/C24H24N2O2S/c1-3-23(27)25-17(2)16-21(19-12-7-8-13-20(19)25)26(18-10-5-4-6-11-18)24(28)22-14-9-15-29-22/h4-15,17,21H,3,16H2,1-2H3. The summed E-state index contributed by atoms with van der Waals surface area (Å²) in [5.74, 6) is 0.104. The number of thiophene rings is 1. The van der Waals surface area contributed by atoms with E-state index in [0.717, 1.165) is 16.9 Å². The molecule has 0 spiro atoms. The van der Waals surface area contributed by atoms with E-state index in [0.29, 0.717) is 17.7 Å². The van der Waals surface area contributed by atoms with E-state index in [1.54, 1.807) is 0 Å². The largest absolute Gasteiger partial charge is 0.309 e. The Labute approximate surface area is 175 Å². The van der Waals surface area contributed by atoms with E-state index in [9.17, 15) is 9.59 Å². The maximum atomic E-state index is 13.5. The number of carbonyl (C=O) groups is 2. The Balaban J connectivity index is 1.84. The Morgan fingerprint density at radius 1 is 1.03 bits per heavy atom. The van der Waals surface area contributed by atoms with Crippen molar-refractivity contribution in [1.82, 2.24) is 0 Å². The lowest BCUT2D eigenvalue weighted by molar-refractivity contribution is -0.118. The molecule has 0 radical (unpaired) electrons. The van der Waals surface area contributed by atoms with Gasteiger partial charge in [-0.15, -0.1) is 11.3 Å². The van der Waals surface area contributed by atoms with Crippen molar-refractivity contribution < 1.29 is 9.59 Å². The first kappa shape index (κ1) is 19.4. The summed E-state index contributed by atoms with van der Waals surface area (Å²) in [6, 6.07) is 21.4. The topological polar surface area (TPSA) is 40.6 Å². The first-order chi connectivity index (χ1) is 14.1. The lowest BCUT2D eigenvalue weighted by Crippen LogP contribution is -2.47. The Bertz CT molecular complexity index is 1000. The van der Waals surface area contributed by atoms with Crippen molar-refractivity contribution in [2.24, 2.45) is 0 Å². The second kappa shape index (κ2) is 8.21. The molecular weight excluding hydrogens is 380 g/mol. The van der Waals surface area contributed by atoms with E-state index in [2.05, 4.69) is 6.92 Å². The third kappa shape index (κ3) is 3.58. The summed E-state index contributed by atoms with van der Waals surface area (Å²) in [6.45, 7) is 3.95. The van der Waals surface area contributed by atoms with Gasteiger partial charge in [-0.2, -0.15) is 0 Å². The van der Waals surface area contributed by atoms with E-state index >= 15 is 0 Å². The van der Waals surface area contributed by atoms with Gasteiger partial charge in [-0.05, 0) is 48.6 Å². The molecule has 2 amide bonds. The summed E-state index contributed by atoms with van der Waals surface area (Å²) >= 11 is 1.45. The van der Waals surface area contributed by atoms with E-state index < -0.39 is 0 Å². The molecule has 2 unspecified atom stereocenters. The minimum atomic E-state index is -0.140. The molecule has 0 N–H and O–H groups in total. The average Bonchev–Trinajstić information content (AvgIpc) is 3.29. The summed E-state index contributed by atoms with van der Waals surface area (Å²) in [5, 5.41) is 1.93. The van der Waals surface area contributed by atoms with Gasteiger partial charge in [0.05, 0.1) is 10.9 Å². The number of benzene rings is 2. The van der Waals surface area contributed by atoms with E-state index in [4.69, 9.17) is 0 Å². The monoisotopic (exact) mass is 404 g/mol. The molecule has 4 rings (SSSR count). The molecule has 5 heteroatoms. The summed E-state index contributed by atoms with van der Waals surface area (Å²) in [7, 11) is 0. The molecule has 2 atom stereocenters. The van der Waals surface area contributed by atoms with E-state index in [1.807, 2.05) is 88.8 Å². The number of carbonyl (C=O) groups excluding carboxylic acids is 2. The number of fused-ring (bicyclic) bond motifs is 1. The molecule has 0 aliphatic carbocycles. The van der Waals surface area contributed by atoms with Crippen LogP contribution in [0.2, 0.25) is 0 Å². The fourth-order valence-electron chi connectivity index (χ4n) is 4.12. The Morgan fingerprint density at radius 2 is 1.76 bits per heavy atom. The van der Waals surface area contributed by atoms with Gasteiger partial charge >= 0.3 is 0 Å². The van der Waals surface area contributed by atoms with Gasteiger partial charge in [-0.1, -0.05) is 49.4 Å². The fourth-order valence-corrected chi connectivity index (χ4v) is 4.78. The number of amides is 2. The zero-order valence-corrected chi connectivity index (χ0v) is 17.4. The molecule has 0 fully saturated rings. The van der Waals surface area contributed by atoms with Crippen LogP contribution in [0.5, 0.6) is 0 Å². The normalized spacial score (nSPS) is 18.2. The van der Waals surface area contributed by atoms with E-state index in [1.165, 1.54) is 11.3 Å². The molecule has 29 heavy (non-hydrogen) atoms. The van der Waals surface area contributed by atoms with Crippen LogP contribution in [0, 0.1) is 0 Å². The molecular formula is C24H24N2O2S. The van der Waals surface area contributed by atoms with Gasteiger partial charge < -0.3 is 9.80 Å². The highest BCUT2D eigenvalue weighted by atomic mass is 32.1. The van der Waals surface area contributed by atoms with Crippen molar-refractivity contribution in [3.05, 3.63) is 82.6 Å². The quantitative estimate of drug-likeness (QED) is 0.562. The number of hydrogen-bond acceptors (Lipinski definition) is 3. The molecule has 4 nitrogen and oxygen atoms in total. The van der Waals surface area contributed by atoms with Crippen molar-refractivity contribution in [1.29, 1.82) is 0 Å². The zero-order chi connectivity index (χ0) is 20.4. The maximum absolute atomic E-state index is 13.5. The highest BCUT2D eigenvalue weighted by Crippen LogP contribution is 2.43. The van der Waals surface area contributed by atoms with E-state index in [-0.39, 0.29) is 23.9 Å². The Morgan fingerprint density at radius 3 is 2.45 bits per heavy atom. The van der Waals surface area contributed by atoms with Crippen LogP contribution in [-0.2, 0) is 4.79 Å². The number of rotatable bonds is 4. The van der Waals surface area contributed by atoms with Crippen molar-refractivity contribution in [3.8, 4) is 0 Å². The number of nitrogens with zero attached hydrogens (tertiary/aromatic N) is 2. The third-order valence-electron chi connectivity index (χ3n) is 5.43. The molecule has 0 bridgehead atoms. The Kier molecular flexibility index (Phi) is 5.49. The van der Waals surface area contributed by atoms with Gasteiger partial charge in [-0.3, -0.25) is 9.59 Å². The lowest BCUT2D eigenvalue weighted by Gasteiger charge is -2.43. The zero-order valence-electron chi connectivity index (χ0n) is 16.6. The van der Waals surface area contributed by atoms with Crippen LogP contribution in [0.25, 0.3) is 0 Å². The predicted molar refractivity (Wildman–Crippen MR) is 119 cm³/mol. The molecule has 148 valence electrons. The first-order valence-electron chi connectivity index (χ1n) is 9.95. The van der Waals surface area contributed by atoms with Gasteiger partial charge in [0.1, 0.15) is 0 Å². The third-order valence-corrected chi connectivity index (χ3v) is 6.29. The van der Waals surface area contributed by atoms with Crippen LogP contribution in [0.15, 0.2) is 72.1 Å². The van der Waals surface area contributed by atoms with Crippen LogP contribution in [0.1, 0.15) is 48.0 Å². The maximum Gasteiger partial charge on any atom is 0.268 e. The molecule has 0 saturated heterocycles. The second-order valence-corrected chi connectivity index (χ2v) is 8.21. The summed E-state index contributed by atoms with van der Waals surface area (Å²) in [5.41, 5.74) is 2.79. The Hall–Kier alpha value is -2.92. The van der Waals surface area contributed by atoms with Gasteiger partial charge in [0, 0.05) is 23.8 Å². The van der Waals surface area contributed by atoms with Crippen LogP contribution in [-0.4, -0.2) is 17.9 Å². The molecule has 1 aliphatic heterocycles. The highest BCUT2D eigenvalue weighted by molar-refractivity contribution is 7.12. The molecule has 0 saturated carbocycles. The molecule has 1 aromatic heterocycles. The number of para-hydroxylation sites is 2. The summed E-state index contributed by atoms with van der Waals surface area (Å²) in [6.07, 6.45) is 1.15. The van der Waals surface area contributed by atoms with Crippen LogP contribution >= 0.6 is 11.3 Å². The van der Waals surface area contributed by atoms with Crippen molar-refractivity contribution in [2.45, 2.75) is 38.8 Å². The first-order valence-corrected chi connectivity index (χ1v) is 10.8. The number of anilines is 2. The molecule has 1 aliphatic rings.